The fourth-order valence-corrected chi connectivity index (χ4v) is 4.76. The maximum Gasteiger partial charge on any atom is 0.301 e. The highest BCUT2D eigenvalue weighted by Crippen LogP contribution is 2.38. The number of halogens is 3. The summed E-state index contributed by atoms with van der Waals surface area (Å²) in [5, 5.41) is 11.2. The SMILES string of the molecule is NC(=S)n1[nH]c(-c2ccccc2)c(N=Nc2c(Br)cc(Br)cc2Br)c1=O. The molecule has 3 rings (SSSR count). The number of nitrogens with two attached hydrogens (primary N) is 1. The Kier molecular flexibility index (Phi) is 5.86. The molecule has 0 fully saturated rings. The molecule has 3 N–H and O–H groups in total. The zero-order chi connectivity index (χ0) is 18.8. The smallest absolute Gasteiger partial charge is 0.301 e. The Morgan fingerprint density at radius 2 is 1.62 bits per heavy atom. The molecule has 1 heterocycles. The second kappa shape index (κ2) is 7.95. The first-order chi connectivity index (χ1) is 12.4. The highest BCUT2D eigenvalue weighted by molar-refractivity contribution is 9.11. The minimum Gasteiger partial charge on any atom is -0.374 e. The van der Waals surface area contributed by atoms with Crippen LogP contribution in [0.15, 0.2) is 70.9 Å². The lowest BCUT2D eigenvalue weighted by Crippen LogP contribution is -2.29. The third-order valence-corrected chi connectivity index (χ3v) is 5.23. The second-order valence-corrected chi connectivity index (χ2v) is 8.14. The van der Waals surface area contributed by atoms with Crippen molar-refractivity contribution in [1.29, 1.82) is 0 Å². The van der Waals surface area contributed by atoms with Crippen molar-refractivity contribution >= 4 is 76.5 Å². The van der Waals surface area contributed by atoms with Gasteiger partial charge in [0.05, 0.1) is 5.69 Å². The maximum absolute atomic E-state index is 12.6. The average molecular weight is 560 g/mol. The number of benzene rings is 2. The molecule has 0 spiro atoms. The molecule has 132 valence electrons. The third kappa shape index (κ3) is 3.88. The van der Waals surface area contributed by atoms with Crippen molar-refractivity contribution in [2.45, 2.75) is 0 Å². The molecular weight excluding hydrogens is 550 g/mol. The van der Waals surface area contributed by atoms with Gasteiger partial charge in [-0.2, -0.15) is 4.68 Å². The Labute approximate surface area is 178 Å². The summed E-state index contributed by atoms with van der Waals surface area (Å²) in [6, 6.07) is 13.0. The predicted molar refractivity (Wildman–Crippen MR) is 116 cm³/mol. The van der Waals surface area contributed by atoms with E-state index in [0.717, 1.165) is 14.7 Å². The monoisotopic (exact) mass is 557 g/mol. The van der Waals surface area contributed by atoms with Gasteiger partial charge < -0.3 is 5.73 Å². The van der Waals surface area contributed by atoms with E-state index in [1.165, 1.54) is 0 Å². The van der Waals surface area contributed by atoms with Crippen molar-refractivity contribution in [2.24, 2.45) is 16.0 Å². The molecule has 6 nitrogen and oxygen atoms in total. The number of rotatable bonds is 3. The quantitative estimate of drug-likeness (QED) is 0.322. The molecule has 0 radical (unpaired) electrons. The van der Waals surface area contributed by atoms with Crippen molar-refractivity contribution in [3.05, 3.63) is 66.2 Å². The van der Waals surface area contributed by atoms with Crippen LogP contribution in [0.5, 0.6) is 0 Å². The Hall–Kier alpha value is -1.62. The lowest BCUT2D eigenvalue weighted by molar-refractivity contribution is 0.910. The number of hydrogen-bond acceptors (Lipinski definition) is 4. The first kappa shape index (κ1) is 19.2. The van der Waals surface area contributed by atoms with E-state index >= 15 is 0 Å². The molecule has 2 aromatic carbocycles. The summed E-state index contributed by atoms with van der Waals surface area (Å²) in [5.41, 5.74) is 7.07. The topological polar surface area (TPSA) is 88.5 Å². The fraction of sp³-hybridized carbons (Fsp3) is 0. The fourth-order valence-electron chi connectivity index (χ4n) is 2.21. The maximum atomic E-state index is 12.6. The van der Waals surface area contributed by atoms with Crippen LogP contribution < -0.4 is 11.3 Å². The van der Waals surface area contributed by atoms with Gasteiger partial charge in [-0.3, -0.25) is 9.89 Å². The van der Waals surface area contributed by atoms with Crippen molar-refractivity contribution in [3.63, 3.8) is 0 Å². The van der Waals surface area contributed by atoms with Crippen LogP contribution in [-0.2, 0) is 0 Å². The number of aromatic amines is 1. The van der Waals surface area contributed by atoms with Crippen molar-refractivity contribution in [2.75, 3.05) is 0 Å². The molecule has 1 aromatic heterocycles. The highest BCUT2D eigenvalue weighted by Gasteiger charge is 2.17. The normalized spacial score (nSPS) is 11.2. The number of aromatic nitrogens is 2. The van der Waals surface area contributed by atoms with Gasteiger partial charge in [-0.1, -0.05) is 46.3 Å². The summed E-state index contributed by atoms with van der Waals surface area (Å²) in [6.45, 7) is 0. The molecule has 0 saturated carbocycles. The third-order valence-electron chi connectivity index (χ3n) is 3.38. The highest BCUT2D eigenvalue weighted by atomic mass is 79.9. The van der Waals surface area contributed by atoms with Gasteiger partial charge in [-0.15, -0.1) is 10.2 Å². The molecule has 10 heteroatoms. The Balaban J connectivity index is 2.16. The molecule has 0 aliphatic heterocycles. The minimum atomic E-state index is -0.468. The first-order valence-electron chi connectivity index (χ1n) is 7.15. The molecule has 0 aliphatic rings. The largest absolute Gasteiger partial charge is 0.374 e. The van der Waals surface area contributed by atoms with E-state index in [1.807, 2.05) is 42.5 Å². The standard InChI is InChI=1S/C16H10Br3N5OS/c17-9-6-10(18)13(11(19)7-9)21-22-14-12(8-4-2-1-3-5-8)23-24(15(14)25)16(20)26/h1-7,23H,(H2,20,26). The summed E-state index contributed by atoms with van der Waals surface area (Å²) in [5.74, 6) is 0. The first-order valence-corrected chi connectivity index (χ1v) is 9.93. The molecule has 0 atom stereocenters. The molecular formula is C16H10Br3N5OS. The number of nitrogens with zero attached hydrogens (tertiary/aromatic N) is 3. The Morgan fingerprint density at radius 1 is 1.04 bits per heavy atom. The molecule has 3 aromatic rings. The zero-order valence-corrected chi connectivity index (χ0v) is 18.5. The molecule has 0 saturated heterocycles. The van der Waals surface area contributed by atoms with Gasteiger partial charge in [0.25, 0.3) is 0 Å². The van der Waals surface area contributed by atoms with Gasteiger partial charge in [-0.05, 0) is 56.2 Å². The molecule has 0 bridgehead atoms. The number of H-pyrrole nitrogens is 1. The molecule has 26 heavy (non-hydrogen) atoms. The van der Waals surface area contributed by atoms with Gasteiger partial charge in [0.2, 0.25) is 0 Å². The Morgan fingerprint density at radius 3 is 2.19 bits per heavy atom. The lowest BCUT2D eigenvalue weighted by atomic mass is 10.1. The van der Waals surface area contributed by atoms with E-state index in [0.29, 0.717) is 20.3 Å². The van der Waals surface area contributed by atoms with E-state index in [2.05, 4.69) is 63.1 Å². The van der Waals surface area contributed by atoms with Crippen LogP contribution in [0.25, 0.3) is 11.3 Å². The molecule has 0 aliphatic carbocycles. The van der Waals surface area contributed by atoms with Crippen LogP contribution in [-0.4, -0.2) is 14.9 Å². The van der Waals surface area contributed by atoms with Gasteiger partial charge in [0.15, 0.2) is 10.8 Å². The van der Waals surface area contributed by atoms with Crippen LogP contribution in [0.2, 0.25) is 0 Å². The summed E-state index contributed by atoms with van der Waals surface area (Å²) < 4.78 is 3.37. The number of hydrogen-bond donors (Lipinski definition) is 2. The van der Waals surface area contributed by atoms with E-state index in [9.17, 15) is 4.79 Å². The minimum absolute atomic E-state index is 0.0976. The summed E-state index contributed by atoms with van der Waals surface area (Å²) in [7, 11) is 0. The van der Waals surface area contributed by atoms with Crippen LogP contribution >= 0.6 is 60.0 Å². The van der Waals surface area contributed by atoms with Gasteiger partial charge in [0.1, 0.15) is 5.69 Å². The van der Waals surface area contributed by atoms with Gasteiger partial charge >= 0.3 is 5.56 Å². The van der Waals surface area contributed by atoms with E-state index < -0.39 is 5.56 Å². The Bertz CT molecular complexity index is 1050. The van der Waals surface area contributed by atoms with E-state index in [-0.39, 0.29) is 10.8 Å². The van der Waals surface area contributed by atoms with Crippen LogP contribution in [0.4, 0.5) is 11.4 Å². The predicted octanol–water partition coefficient (Wildman–Crippen LogP) is 5.64. The molecule has 0 amide bonds. The van der Waals surface area contributed by atoms with Crippen molar-refractivity contribution in [3.8, 4) is 11.3 Å². The number of azo groups is 1. The summed E-state index contributed by atoms with van der Waals surface area (Å²) >= 11 is 15.2. The second-order valence-electron chi connectivity index (χ2n) is 5.10. The van der Waals surface area contributed by atoms with Crippen LogP contribution in [0, 0.1) is 0 Å². The average Bonchev–Trinajstić information content (AvgIpc) is 2.92. The van der Waals surface area contributed by atoms with Crippen LogP contribution in [0.1, 0.15) is 0 Å². The lowest BCUT2D eigenvalue weighted by Gasteiger charge is -2.02. The number of thiocarbonyl (C=S) groups is 1. The summed E-state index contributed by atoms with van der Waals surface area (Å²) in [6.07, 6.45) is 0. The van der Waals surface area contributed by atoms with E-state index in [4.69, 9.17) is 18.0 Å². The molecule has 0 unspecified atom stereocenters. The van der Waals surface area contributed by atoms with E-state index in [1.54, 1.807) is 0 Å². The zero-order valence-electron chi connectivity index (χ0n) is 12.9. The van der Waals surface area contributed by atoms with Crippen LogP contribution in [0.3, 0.4) is 0 Å². The van der Waals surface area contributed by atoms with Crippen molar-refractivity contribution in [1.82, 2.24) is 9.78 Å². The number of nitrogens with one attached hydrogen (secondary N) is 1. The van der Waals surface area contributed by atoms with Gasteiger partial charge in [0, 0.05) is 19.0 Å². The van der Waals surface area contributed by atoms with Gasteiger partial charge in [-0.25, -0.2) is 0 Å². The van der Waals surface area contributed by atoms with Crippen molar-refractivity contribution < 1.29 is 0 Å². The summed E-state index contributed by atoms with van der Waals surface area (Å²) in [4.78, 5) is 12.6.